The van der Waals surface area contributed by atoms with Gasteiger partial charge in [-0.2, -0.15) is 7.18 Å². The number of carbonyl (C=O) groups is 1. The van der Waals surface area contributed by atoms with Crippen LogP contribution in [0.15, 0.2) is 80.1 Å². The molecule has 0 radical (unpaired) electrons. The Morgan fingerprint density at radius 3 is 1.43 bits per heavy atom. The van der Waals surface area contributed by atoms with E-state index in [0.717, 1.165) is 61.3 Å². The molecule has 0 spiro atoms. The number of aryl methyl sites for hydroxylation is 6. The summed E-state index contributed by atoms with van der Waals surface area (Å²) >= 11 is 13.2. The molecule has 6 N–H and O–H groups in total. The summed E-state index contributed by atoms with van der Waals surface area (Å²) in [6.45, 7) is 14.4. The van der Waals surface area contributed by atoms with Gasteiger partial charge in [0.1, 0.15) is 17.5 Å². The molecule has 0 amide bonds. The molecular weight excluding hydrogens is 977 g/mol. The van der Waals surface area contributed by atoms with E-state index in [4.69, 9.17) is 22.9 Å². The summed E-state index contributed by atoms with van der Waals surface area (Å²) in [4.78, 5) is 77.1. The van der Waals surface area contributed by atoms with Crippen LogP contribution in [-0.4, -0.2) is 82.5 Å². The number of nitrogens with one attached hydrogen (secondary N) is 4. The molecule has 19 nitrogen and oxygen atoms in total. The minimum absolute atomic E-state index is 0. The normalized spacial score (nSPS) is 9.29. The van der Waals surface area contributed by atoms with Crippen molar-refractivity contribution in [3.63, 3.8) is 0 Å². The second-order valence-corrected chi connectivity index (χ2v) is 13.6. The third-order valence-corrected chi connectivity index (χ3v) is 9.03. The van der Waals surface area contributed by atoms with E-state index >= 15 is 0 Å². The van der Waals surface area contributed by atoms with Gasteiger partial charge in [0.25, 0.3) is 18.1 Å². The van der Waals surface area contributed by atoms with Crippen molar-refractivity contribution in [1.82, 2.24) is 58.6 Å². The number of hydrogen-bond donors (Lipinski definition) is 6. The molecule has 0 aliphatic heterocycles. The van der Waals surface area contributed by atoms with Crippen molar-refractivity contribution >= 4 is 66.2 Å². The summed E-state index contributed by atoms with van der Waals surface area (Å²) in [6.07, 6.45) is 11.2. The molecule has 0 saturated heterocycles. The number of imidazole rings is 3. The number of thioether (sulfide) groups is 2. The van der Waals surface area contributed by atoms with E-state index in [1.807, 2.05) is 37.0 Å². The van der Waals surface area contributed by atoms with E-state index in [2.05, 4.69) is 97.1 Å². The molecule has 0 fully saturated rings. The quantitative estimate of drug-likeness (QED) is 0.0108. The molecule has 27 heteroatoms. The fraction of sp³-hybridized carbons (Fsp3) is 0.361. The fourth-order valence-electron chi connectivity index (χ4n) is 4.39. The zero-order valence-corrected chi connectivity index (χ0v) is 46.9. The second-order valence-electron chi connectivity index (χ2n) is 10.9. The number of aromatic nitrogens is 12. The van der Waals surface area contributed by atoms with Crippen LogP contribution in [0.4, 0.5) is 4.39 Å². The predicted molar refractivity (Wildman–Crippen MR) is 240 cm³/mol. The number of aliphatic hydroxyl groups excluding tert-OH is 1. The number of alkyl halides is 1. The van der Waals surface area contributed by atoms with Gasteiger partial charge in [-0.05, 0) is 53.8 Å². The smallest absolute Gasteiger partial charge is 0.463 e. The number of rotatable bonds is 12. The number of halogens is 3. The predicted octanol–water partition coefficient (Wildman–Crippen LogP) is -0.0251. The first-order chi connectivity index (χ1) is 29.3. The summed E-state index contributed by atoms with van der Waals surface area (Å²) in [5, 5.41) is 11.4. The molecule has 6 heterocycles. The van der Waals surface area contributed by atoms with Crippen LogP contribution in [-0.2, 0) is 46.7 Å². The minimum Gasteiger partial charge on any atom is -0.463 e. The topological polar surface area (TPSA) is 260 Å². The Labute approximate surface area is 475 Å². The van der Waals surface area contributed by atoms with Crippen molar-refractivity contribution in [2.75, 3.05) is 7.11 Å². The van der Waals surface area contributed by atoms with Crippen LogP contribution in [0.3, 0.4) is 0 Å². The number of carbonyl (C=O) groups excluding carboxylic acids is 1. The number of hydrogen-bond acceptors (Lipinski definition) is 15. The zero-order valence-electron chi connectivity index (χ0n) is 37.6. The van der Waals surface area contributed by atoms with Crippen molar-refractivity contribution in [3.05, 3.63) is 133 Å². The summed E-state index contributed by atoms with van der Waals surface area (Å²) in [5.41, 5.74) is 1.86. The standard InChI is InChI=1S/2C11H14N4OS.C6H9ClN2.C5H6N2OS.CH2F.CH2O3.CH4O.ClH.2K/c2*1-3-15-5-4-12-9(15)7-17-11-13-8(2)6-10(16)14-11;1-2-9-4-3-8-6(9)5-7;1-3-2-4(8)7-5(9)6-3;1-2;2-1-4-3;1-2;;;/h2*4-6H,3,7H2,1-2H3,(H,13,14,16);3-4H,2,5H2,1H3;2H,1H3,(H2,6,7,8,9);1H2;1,3H;2H,1H3;1H;;/q;;;;-1;;;;2*+1/i/hD. The molecule has 0 saturated carbocycles. The third-order valence-electron chi connectivity index (χ3n) is 6.85. The molecular formula is C36H52Cl2FK2N12O7S3+. The zero-order chi connectivity index (χ0) is 46.2. The number of H-pyrrole nitrogens is 4. The fourth-order valence-corrected chi connectivity index (χ4v) is 6.65. The van der Waals surface area contributed by atoms with Crippen LogP contribution >= 0.6 is 59.7 Å². The average Bonchev–Trinajstić information content (AvgIpc) is 4.02. The van der Waals surface area contributed by atoms with Gasteiger partial charge in [-0.25, -0.2) is 30.2 Å². The molecule has 6 rings (SSSR count). The Kier molecular flexibility index (Phi) is 43.5. The monoisotopic (exact) mass is 1030 g/mol. The summed E-state index contributed by atoms with van der Waals surface area (Å²) in [5.74, 6) is 4.82. The molecule has 0 aliphatic carbocycles. The maximum atomic E-state index is 11.3. The Bertz CT molecular complexity index is 2200. The largest absolute Gasteiger partial charge is 1.00 e. The Hall–Kier alpha value is -1.64. The first-order valence-electron chi connectivity index (χ1n) is 18.0. The van der Waals surface area contributed by atoms with Gasteiger partial charge in [0.15, 0.2) is 15.1 Å². The van der Waals surface area contributed by atoms with Crippen molar-refractivity contribution in [1.29, 1.82) is 1.43 Å². The summed E-state index contributed by atoms with van der Waals surface area (Å²) < 4.78 is 21.4. The molecule has 0 bridgehead atoms. The number of aliphatic hydroxyl groups is 1. The Balaban J connectivity index is -0.000000358. The van der Waals surface area contributed by atoms with E-state index < -0.39 is 0 Å². The van der Waals surface area contributed by atoms with Crippen molar-refractivity contribution in [3.8, 4) is 0 Å². The van der Waals surface area contributed by atoms with Crippen molar-refractivity contribution < 1.29 is 127 Å². The molecule has 63 heavy (non-hydrogen) atoms. The maximum absolute atomic E-state index is 11.3. The van der Waals surface area contributed by atoms with Gasteiger partial charge in [0.2, 0.25) is 0 Å². The molecule has 0 atom stereocenters. The van der Waals surface area contributed by atoms with Crippen LogP contribution < -0.4 is 119 Å². The van der Waals surface area contributed by atoms with Gasteiger partial charge in [0.05, 0.1) is 17.4 Å². The number of aromatic amines is 4. The van der Waals surface area contributed by atoms with E-state index in [-0.39, 0.29) is 138 Å². The first-order valence-corrected chi connectivity index (χ1v) is 20.5. The first kappa shape index (κ1) is 65.6. The van der Waals surface area contributed by atoms with Gasteiger partial charge < -0.3 is 43.0 Å². The van der Waals surface area contributed by atoms with E-state index in [9.17, 15) is 18.8 Å². The molecule has 0 aromatic carbocycles. The molecule has 0 unspecified atom stereocenters. The van der Waals surface area contributed by atoms with Crippen LogP contribution in [0.5, 0.6) is 0 Å². The summed E-state index contributed by atoms with van der Waals surface area (Å²) in [7, 11) is 2.75. The minimum atomic E-state index is -0.156. The number of nitrogens with zero attached hydrogens (tertiary/aromatic N) is 8. The summed E-state index contributed by atoms with van der Waals surface area (Å²) in [6, 6.07) is 4.42. The van der Waals surface area contributed by atoms with Gasteiger partial charge in [-0.15, -0.1) is 24.0 Å². The van der Waals surface area contributed by atoms with Gasteiger partial charge in [0, 0.05) is 99.2 Å². The van der Waals surface area contributed by atoms with E-state index in [1.54, 1.807) is 32.7 Å². The van der Waals surface area contributed by atoms with Crippen molar-refractivity contribution in [2.45, 2.75) is 88.9 Å². The second kappa shape index (κ2) is 41.8. The third kappa shape index (κ3) is 29.6. The molecule has 6 aromatic rings. The molecule has 338 valence electrons. The Morgan fingerprint density at radius 2 is 1.14 bits per heavy atom. The van der Waals surface area contributed by atoms with Crippen LogP contribution in [0.2, 0.25) is 0 Å². The van der Waals surface area contributed by atoms with Gasteiger partial charge in [-0.3, -0.25) is 24.2 Å². The molecule has 6 aromatic heterocycles. The van der Waals surface area contributed by atoms with Crippen LogP contribution in [0.25, 0.3) is 1.43 Å². The van der Waals surface area contributed by atoms with Crippen LogP contribution in [0, 0.1) is 32.7 Å². The van der Waals surface area contributed by atoms with Gasteiger partial charge in [-0.1, -0.05) is 23.5 Å². The van der Waals surface area contributed by atoms with Crippen LogP contribution in [0.1, 0.15) is 55.3 Å². The molecule has 0 aliphatic rings. The van der Waals surface area contributed by atoms with Gasteiger partial charge >= 0.3 is 109 Å². The Morgan fingerprint density at radius 1 is 0.762 bits per heavy atom. The van der Waals surface area contributed by atoms with E-state index in [0.29, 0.717) is 32.5 Å². The SMILES string of the molecule is CCn1ccnc1CCl.CCn1ccnc1CSc1nc(C)cc(=O)[nH]1.CCn1ccnc1CSc1nc(C)cc(=O)[nH]1.CO.Cc1cc(=O)[nH]c(=S)[nH]1.Cl.[2H]OOC=O.[CH2-]F.[K+].[K+]. The van der Waals surface area contributed by atoms with Crippen molar-refractivity contribution in [2.24, 2.45) is 0 Å². The average molecular weight is 1030 g/mol. The van der Waals surface area contributed by atoms with E-state index in [1.165, 1.54) is 41.7 Å². The maximum Gasteiger partial charge on any atom is 1.00 e.